The molecule has 13 heavy (non-hydrogen) atoms. The highest BCUT2D eigenvalue weighted by Gasteiger charge is 2.30. The third-order valence-corrected chi connectivity index (χ3v) is 3.74. The molecular weight excluding hydrogens is 162 g/mol. The molecule has 0 amide bonds. The molecule has 0 aromatic carbocycles. The summed E-state index contributed by atoms with van der Waals surface area (Å²) in [4.78, 5) is 0. The third kappa shape index (κ3) is 2.23. The lowest BCUT2D eigenvalue weighted by Gasteiger charge is -2.25. The van der Waals surface area contributed by atoms with Gasteiger partial charge in [-0.05, 0) is 44.2 Å². The van der Waals surface area contributed by atoms with Crippen LogP contribution < -0.4 is 5.32 Å². The second-order valence-corrected chi connectivity index (χ2v) is 4.62. The molecule has 2 nitrogen and oxygen atoms in total. The van der Waals surface area contributed by atoms with Crippen LogP contribution in [0, 0.1) is 11.8 Å². The maximum absolute atomic E-state index is 9.98. The van der Waals surface area contributed by atoms with Crippen LogP contribution in [0.1, 0.15) is 38.5 Å². The smallest absolute Gasteiger partial charge is 0.0571 e. The minimum atomic E-state index is -0.00704. The van der Waals surface area contributed by atoms with Crippen LogP contribution >= 0.6 is 0 Å². The molecule has 2 aliphatic rings. The third-order valence-electron chi connectivity index (χ3n) is 3.74. The Balaban J connectivity index is 1.93. The maximum Gasteiger partial charge on any atom is 0.0571 e. The summed E-state index contributed by atoms with van der Waals surface area (Å²) >= 11 is 0. The van der Waals surface area contributed by atoms with E-state index in [1.54, 1.807) is 0 Å². The summed E-state index contributed by atoms with van der Waals surface area (Å²) in [6.45, 7) is 2.30. The lowest BCUT2D eigenvalue weighted by atomic mass is 9.84. The van der Waals surface area contributed by atoms with Crippen LogP contribution in [0.5, 0.6) is 0 Å². The molecule has 3 unspecified atom stereocenters. The Hall–Kier alpha value is -0.0800. The van der Waals surface area contributed by atoms with Crippen LogP contribution in [-0.2, 0) is 0 Å². The van der Waals surface area contributed by atoms with Gasteiger partial charge in [-0.15, -0.1) is 0 Å². The lowest BCUT2D eigenvalue weighted by molar-refractivity contribution is 0.0709. The van der Waals surface area contributed by atoms with Crippen molar-refractivity contribution < 1.29 is 5.11 Å². The van der Waals surface area contributed by atoms with E-state index >= 15 is 0 Å². The molecule has 0 aromatic rings. The normalized spacial score (nSPS) is 41.8. The van der Waals surface area contributed by atoms with Gasteiger partial charge in [-0.2, -0.15) is 0 Å². The van der Waals surface area contributed by atoms with Gasteiger partial charge in [0, 0.05) is 0 Å². The van der Waals surface area contributed by atoms with Crippen molar-refractivity contribution in [3.63, 3.8) is 0 Å². The Morgan fingerprint density at radius 2 is 1.85 bits per heavy atom. The Morgan fingerprint density at radius 1 is 1.00 bits per heavy atom. The molecule has 0 bridgehead atoms. The van der Waals surface area contributed by atoms with Crippen molar-refractivity contribution in [3.05, 3.63) is 0 Å². The predicted octanol–water partition coefficient (Wildman–Crippen LogP) is 1.54. The fraction of sp³-hybridized carbons (Fsp3) is 1.00. The monoisotopic (exact) mass is 183 g/mol. The van der Waals surface area contributed by atoms with Crippen molar-refractivity contribution in [1.82, 2.24) is 5.32 Å². The van der Waals surface area contributed by atoms with E-state index in [0.717, 1.165) is 25.4 Å². The molecule has 2 N–H and O–H groups in total. The van der Waals surface area contributed by atoms with E-state index in [9.17, 15) is 5.11 Å². The molecule has 0 radical (unpaired) electrons. The largest absolute Gasteiger partial charge is 0.393 e. The molecule has 1 saturated carbocycles. The number of rotatable bonds is 1. The Bertz CT molecular complexity index is 154. The lowest BCUT2D eigenvalue weighted by Crippen LogP contribution is -2.28. The van der Waals surface area contributed by atoms with E-state index in [-0.39, 0.29) is 6.10 Å². The van der Waals surface area contributed by atoms with Crippen molar-refractivity contribution in [2.45, 2.75) is 44.6 Å². The van der Waals surface area contributed by atoms with E-state index in [0.29, 0.717) is 5.92 Å². The van der Waals surface area contributed by atoms with Crippen molar-refractivity contribution in [2.24, 2.45) is 11.8 Å². The molecule has 2 rings (SSSR count). The van der Waals surface area contributed by atoms with Crippen molar-refractivity contribution in [1.29, 1.82) is 0 Å². The summed E-state index contributed by atoms with van der Waals surface area (Å²) in [6, 6.07) is 0. The van der Waals surface area contributed by atoms with E-state index in [2.05, 4.69) is 5.32 Å². The molecule has 1 saturated heterocycles. The molecule has 1 heterocycles. The van der Waals surface area contributed by atoms with Gasteiger partial charge in [0.05, 0.1) is 6.10 Å². The SMILES string of the molecule is OC1CCCCCC1C1CCNC1. The summed E-state index contributed by atoms with van der Waals surface area (Å²) in [5.74, 6) is 1.35. The second kappa shape index (κ2) is 4.43. The van der Waals surface area contributed by atoms with Crippen LogP contribution in [0.15, 0.2) is 0 Å². The van der Waals surface area contributed by atoms with Crippen LogP contribution in [-0.4, -0.2) is 24.3 Å². The number of hydrogen-bond acceptors (Lipinski definition) is 2. The summed E-state index contributed by atoms with van der Waals surface area (Å²) in [5, 5.41) is 13.4. The average molecular weight is 183 g/mol. The molecule has 0 spiro atoms. The van der Waals surface area contributed by atoms with E-state index < -0.39 is 0 Å². The molecular formula is C11H21NO. The van der Waals surface area contributed by atoms with Crippen molar-refractivity contribution in [3.8, 4) is 0 Å². The van der Waals surface area contributed by atoms with Crippen LogP contribution in [0.3, 0.4) is 0 Å². The zero-order chi connectivity index (χ0) is 9.10. The number of nitrogens with one attached hydrogen (secondary N) is 1. The van der Waals surface area contributed by atoms with E-state index in [1.165, 1.54) is 32.1 Å². The summed E-state index contributed by atoms with van der Waals surface area (Å²) < 4.78 is 0. The number of aliphatic hydroxyl groups is 1. The first-order valence-electron chi connectivity index (χ1n) is 5.76. The molecule has 76 valence electrons. The number of aliphatic hydroxyl groups excluding tert-OH is 1. The number of hydrogen-bond donors (Lipinski definition) is 2. The van der Waals surface area contributed by atoms with E-state index in [4.69, 9.17) is 0 Å². The van der Waals surface area contributed by atoms with Gasteiger partial charge in [0.2, 0.25) is 0 Å². The molecule has 3 atom stereocenters. The maximum atomic E-state index is 9.98. The molecule has 2 heteroatoms. The zero-order valence-corrected chi connectivity index (χ0v) is 8.34. The molecule has 2 fully saturated rings. The first-order chi connectivity index (χ1) is 6.38. The Kier molecular flexibility index (Phi) is 3.23. The minimum Gasteiger partial charge on any atom is -0.393 e. The molecule has 1 aliphatic carbocycles. The summed E-state index contributed by atoms with van der Waals surface area (Å²) in [7, 11) is 0. The van der Waals surface area contributed by atoms with Gasteiger partial charge in [0.25, 0.3) is 0 Å². The standard InChI is InChI=1S/C11H21NO/c13-11-5-3-1-2-4-10(11)9-6-7-12-8-9/h9-13H,1-8H2. The Labute approximate surface area is 80.7 Å². The topological polar surface area (TPSA) is 32.3 Å². The van der Waals surface area contributed by atoms with Crippen molar-refractivity contribution in [2.75, 3.05) is 13.1 Å². The van der Waals surface area contributed by atoms with Gasteiger partial charge in [0.15, 0.2) is 0 Å². The van der Waals surface area contributed by atoms with Crippen LogP contribution in [0.2, 0.25) is 0 Å². The fourth-order valence-electron chi connectivity index (χ4n) is 2.91. The van der Waals surface area contributed by atoms with Gasteiger partial charge < -0.3 is 10.4 Å². The first-order valence-corrected chi connectivity index (χ1v) is 5.76. The summed E-state index contributed by atoms with van der Waals surface area (Å²) in [5.41, 5.74) is 0. The minimum absolute atomic E-state index is 0.00704. The predicted molar refractivity (Wildman–Crippen MR) is 53.6 cm³/mol. The second-order valence-electron chi connectivity index (χ2n) is 4.62. The quantitative estimate of drug-likeness (QED) is 0.604. The van der Waals surface area contributed by atoms with Crippen LogP contribution in [0.4, 0.5) is 0 Å². The molecule has 1 aliphatic heterocycles. The highest BCUT2D eigenvalue weighted by molar-refractivity contribution is 4.84. The Morgan fingerprint density at radius 3 is 2.62 bits per heavy atom. The molecule has 0 aromatic heterocycles. The van der Waals surface area contributed by atoms with Gasteiger partial charge in [-0.3, -0.25) is 0 Å². The van der Waals surface area contributed by atoms with Gasteiger partial charge in [0.1, 0.15) is 0 Å². The fourth-order valence-corrected chi connectivity index (χ4v) is 2.91. The van der Waals surface area contributed by atoms with Gasteiger partial charge in [-0.1, -0.05) is 19.3 Å². The van der Waals surface area contributed by atoms with E-state index in [1.807, 2.05) is 0 Å². The van der Waals surface area contributed by atoms with Crippen LogP contribution in [0.25, 0.3) is 0 Å². The van der Waals surface area contributed by atoms with Gasteiger partial charge >= 0.3 is 0 Å². The highest BCUT2D eigenvalue weighted by Crippen LogP contribution is 2.32. The van der Waals surface area contributed by atoms with Gasteiger partial charge in [-0.25, -0.2) is 0 Å². The zero-order valence-electron chi connectivity index (χ0n) is 8.34. The first kappa shape index (κ1) is 9.47. The summed E-state index contributed by atoms with van der Waals surface area (Å²) in [6.07, 6.45) is 7.47. The highest BCUT2D eigenvalue weighted by atomic mass is 16.3. The average Bonchev–Trinajstić information content (AvgIpc) is 2.56. The van der Waals surface area contributed by atoms with Crippen molar-refractivity contribution >= 4 is 0 Å².